The zero-order valence-electron chi connectivity index (χ0n) is 15.8. The Morgan fingerprint density at radius 3 is 2.55 bits per heavy atom. The Balaban J connectivity index is 0.00000272. The Labute approximate surface area is 185 Å². The van der Waals surface area contributed by atoms with E-state index in [2.05, 4.69) is 15.4 Å². The summed E-state index contributed by atoms with van der Waals surface area (Å²) in [5.41, 5.74) is -0.545. The summed E-state index contributed by atoms with van der Waals surface area (Å²) in [4.78, 5) is 16.2. The molecule has 11 heteroatoms. The van der Waals surface area contributed by atoms with Gasteiger partial charge in [-0.25, -0.2) is 9.07 Å². The molecule has 5 nitrogen and oxygen atoms in total. The van der Waals surface area contributed by atoms with Gasteiger partial charge in [0.25, 0.3) is 0 Å². The van der Waals surface area contributed by atoms with Crippen LogP contribution in [0.15, 0.2) is 42.6 Å². The molecule has 164 valence electrons. The van der Waals surface area contributed by atoms with Crippen LogP contribution in [0.1, 0.15) is 35.8 Å². The van der Waals surface area contributed by atoms with E-state index in [1.165, 1.54) is 12.1 Å². The van der Waals surface area contributed by atoms with Crippen LogP contribution in [0.4, 0.5) is 23.2 Å². The molecule has 31 heavy (non-hydrogen) atoms. The minimum absolute atomic E-state index is 0. The Kier molecular flexibility index (Phi) is 6.56. The minimum atomic E-state index is -4.75. The number of hydrogen-bond acceptors (Lipinski definition) is 3. The average molecular weight is 475 g/mol. The molecule has 2 heterocycles. The SMILES string of the molecule is Cl.O=C(Cc1ccccn1)Nc1ccc(-n2nc(C(F)(F)F)c(Cl)c2C2CC2)c(F)c1. The number of carbonyl (C=O) groups excluding carboxylic acids is 1. The van der Waals surface area contributed by atoms with Crippen LogP contribution in [0.3, 0.4) is 0 Å². The van der Waals surface area contributed by atoms with Gasteiger partial charge >= 0.3 is 6.18 Å². The number of nitrogens with zero attached hydrogens (tertiary/aromatic N) is 3. The van der Waals surface area contributed by atoms with Crippen molar-refractivity contribution >= 4 is 35.6 Å². The fraction of sp³-hybridized carbons (Fsp3) is 0.250. The molecule has 1 fully saturated rings. The van der Waals surface area contributed by atoms with Crippen LogP contribution >= 0.6 is 24.0 Å². The summed E-state index contributed by atoms with van der Waals surface area (Å²) >= 11 is 5.94. The van der Waals surface area contributed by atoms with Crippen LogP contribution in [0.5, 0.6) is 0 Å². The van der Waals surface area contributed by atoms with Crippen molar-refractivity contribution in [3.8, 4) is 5.69 Å². The zero-order valence-corrected chi connectivity index (χ0v) is 17.4. The molecule has 1 saturated carbocycles. The number of carbonyl (C=O) groups is 1. The summed E-state index contributed by atoms with van der Waals surface area (Å²) in [5, 5.41) is 5.59. The van der Waals surface area contributed by atoms with Crippen molar-refractivity contribution < 1.29 is 22.4 Å². The summed E-state index contributed by atoms with van der Waals surface area (Å²) in [6, 6.07) is 8.84. The molecule has 0 aliphatic heterocycles. The quantitative estimate of drug-likeness (QED) is 0.492. The second-order valence-electron chi connectivity index (χ2n) is 6.94. The van der Waals surface area contributed by atoms with Crippen LogP contribution in [0.2, 0.25) is 5.02 Å². The molecule has 0 unspecified atom stereocenters. The van der Waals surface area contributed by atoms with Gasteiger partial charge in [-0.1, -0.05) is 17.7 Å². The maximum Gasteiger partial charge on any atom is 0.436 e. The van der Waals surface area contributed by atoms with E-state index >= 15 is 0 Å². The Bertz CT molecular complexity index is 1100. The van der Waals surface area contributed by atoms with Crippen molar-refractivity contribution in [2.75, 3.05) is 5.32 Å². The van der Waals surface area contributed by atoms with Crippen molar-refractivity contribution in [2.24, 2.45) is 0 Å². The van der Waals surface area contributed by atoms with Gasteiger partial charge < -0.3 is 5.32 Å². The van der Waals surface area contributed by atoms with Gasteiger partial charge in [-0.2, -0.15) is 18.3 Å². The molecule has 4 rings (SSSR count). The topological polar surface area (TPSA) is 59.8 Å². The normalized spacial score (nSPS) is 13.6. The summed E-state index contributed by atoms with van der Waals surface area (Å²) in [5.74, 6) is -1.43. The third kappa shape index (κ3) is 4.99. The molecule has 0 atom stereocenters. The molecule has 0 saturated heterocycles. The Morgan fingerprint density at radius 1 is 1.23 bits per heavy atom. The van der Waals surface area contributed by atoms with E-state index in [0.29, 0.717) is 18.5 Å². The highest BCUT2D eigenvalue weighted by Gasteiger charge is 2.42. The summed E-state index contributed by atoms with van der Waals surface area (Å²) in [6.45, 7) is 0. The number of alkyl halides is 3. The van der Waals surface area contributed by atoms with E-state index in [-0.39, 0.29) is 41.8 Å². The molecular weight excluding hydrogens is 459 g/mol. The summed E-state index contributed by atoms with van der Waals surface area (Å²) in [7, 11) is 0. The first kappa shape index (κ1) is 23.0. The Hall–Kier alpha value is -2.65. The number of halogens is 6. The maximum absolute atomic E-state index is 14.8. The first-order valence-electron chi connectivity index (χ1n) is 9.09. The average Bonchev–Trinajstić information content (AvgIpc) is 3.44. The predicted octanol–water partition coefficient (Wildman–Crippen LogP) is 5.56. The second-order valence-corrected chi connectivity index (χ2v) is 7.32. The highest BCUT2D eigenvalue weighted by molar-refractivity contribution is 6.32. The molecule has 0 bridgehead atoms. The highest BCUT2D eigenvalue weighted by Crippen LogP contribution is 2.47. The standard InChI is InChI=1S/C20H15ClF4N4O.ClH/c21-17-18(11-4-5-11)29(28-19(17)20(23,24)25)15-7-6-13(9-14(15)22)27-16(30)10-12-3-1-2-8-26-12;/h1-3,6-9,11H,4-5,10H2,(H,27,30);1H. The third-order valence-corrected chi connectivity index (χ3v) is 4.99. The van der Waals surface area contributed by atoms with Crippen LogP contribution < -0.4 is 5.32 Å². The van der Waals surface area contributed by atoms with Gasteiger partial charge in [-0.15, -0.1) is 12.4 Å². The molecule has 0 spiro atoms. The molecule has 0 radical (unpaired) electrons. The number of aromatic nitrogens is 3. The van der Waals surface area contributed by atoms with Crippen LogP contribution in [-0.2, 0) is 17.4 Å². The number of rotatable bonds is 5. The lowest BCUT2D eigenvalue weighted by atomic mass is 10.2. The second kappa shape index (κ2) is 8.84. The van der Waals surface area contributed by atoms with Gasteiger partial charge in [-0.05, 0) is 43.2 Å². The molecule has 1 aromatic carbocycles. The maximum atomic E-state index is 14.8. The Morgan fingerprint density at radius 2 is 1.97 bits per heavy atom. The number of nitrogens with one attached hydrogen (secondary N) is 1. The fourth-order valence-electron chi connectivity index (χ4n) is 3.11. The van der Waals surface area contributed by atoms with E-state index in [1.54, 1.807) is 24.4 Å². The van der Waals surface area contributed by atoms with Crippen molar-refractivity contribution in [1.29, 1.82) is 0 Å². The van der Waals surface area contributed by atoms with E-state index < -0.39 is 28.6 Å². The van der Waals surface area contributed by atoms with Crippen molar-refractivity contribution in [3.05, 3.63) is 70.5 Å². The molecule has 1 amide bonds. The number of benzene rings is 1. The number of hydrogen-bond donors (Lipinski definition) is 1. The first-order valence-corrected chi connectivity index (χ1v) is 9.47. The van der Waals surface area contributed by atoms with E-state index in [0.717, 1.165) is 10.7 Å². The van der Waals surface area contributed by atoms with Gasteiger partial charge in [0.2, 0.25) is 5.91 Å². The van der Waals surface area contributed by atoms with Crippen LogP contribution in [-0.4, -0.2) is 20.7 Å². The van der Waals surface area contributed by atoms with Gasteiger partial charge in [0, 0.05) is 23.5 Å². The molecule has 3 aromatic rings. The van der Waals surface area contributed by atoms with Crippen molar-refractivity contribution in [1.82, 2.24) is 14.8 Å². The lowest BCUT2D eigenvalue weighted by Crippen LogP contribution is -2.15. The molecule has 2 aromatic heterocycles. The monoisotopic (exact) mass is 474 g/mol. The number of anilines is 1. The third-order valence-electron chi connectivity index (χ3n) is 4.62. The lowest BCUT2D eigenvalue weighted by molar-refractivity contribution is -0.141. The van der Waals surface area contributed by atoms with Crippen molar-refractivity contribution in [3.63, 3.8) is 0 Å². The van der Waals surface area contributed by atoms with Gasteiger partial charge in [0.05, 0.1) is 17.1 Å². The number of amides is 1. The predicted molar refractivity (Wildman–Crippen MR) is 109 cm³/mol. The van der Waals surface area contributed by atoms with Crippen LogP contribution in [0, 0.1) is 5.82 Å². The largest absolute Gasteiger partial charge is 0.436 e. The highest BCUT2D eigenvalue weighted by atomic mass is 35.5. The summed E-state index contributed by atoms with van der Waals surface area (Å²) in [6.07, 6.45) is -1.88. The van der Waals surface area contributed by atoms with Crippen molar-refractivity contribution in [2.45, 2.75) is 31.4 Å². The van der Waals surface area contributed by atoms with E-state index in [1.807, 2.05) is 0 Å². The first-order chi connectivity index (χ1) is 14.2. The fourth-order valence-corrected chi connectivity index (χ4v) is 3.49. The molecule has 1 aliphatic carbocycles. The van der Waals surface area contributed by atoms with E-state index in [9.17, 15) is 22.4 Å². The molecule has 1 aliphatic rings. The number of pyridine rings is 1. The van der Waals surface area contributed by atoms with Gasteiger partial charge in [0.15, 0.2) is 11.5 Å². The minimum Gasteiger partial charge on any atom is -0.326 e. The molecule has 1 N–H and O–H groups in total. The smallest absolute Gasteiger partial charge is 0.326 e. The van der Waals surface area contributed by atoms with E-state index in [4.69, 9.17) is 11.6 Å². The zero-order chi connectivity index (χ0) is 21.5. The van der Waals surface area contributed by atoms with Crippen LogP contribution in [0.25, 0.3) is 5.69 Å². The van der Waals surface area contributed by atoms with Gasteiger partial charge in [-0.3, -0.25) is 9.78 Å². The molecular formula is C20H16Cl2F4N4O. The van der Waals surface area contributed by atoms with Gasteiger partial charge in [0.1, 0.15) is 5.69 Å². The summed E-state index contributed by atoms with van der Waals surface area (Å²) < 4.78 is 55.3. The lowest BCUT2D eigenvalue weighted by Gasteiger charge is -2.11.